The molecular weight excluding hydrogens is 204 g/mol. The third kappa shape index (κ3) is 4.06. The molecule has 0 spiro atoms. The minimum atomic E-state index is -3.42. The van der Waals surface area contributed by atoms with Gasteiger partial charge in [0, 0.05) is 6.04 Å². The molecule has 0 aliphatic rings. The fourth-order valence-electron chi connectivity index (χ4n) is 1.12. The molecule has 0 saturated heterocycles. The van der Waals surface area contributed by atoms with Crippen LogP contribution in [0.4, 0.5) is 0 Å². The van der Waals surface area contributed by atoms with Crippen molar-refractivity contribution in [2.24, 2.45) is 11.5 Å². The zero-order chi connectivity index (χ0) is 11.4. The van der Waals surface area contributed by atoms with Gasteiger partial charge in [0.25, 0.3) is 0 Å². The highest BCUT2D eigenvalue weighted by atomic mass is 32.2. The molecule has 5 nitrogen and oxygen atoms in total. The van der Waals surface area contributed by atoms with Gasteiger partial charge in [0.15, 0.2) is 9.84 Å². The lowest BCUT2D eigenvalue weighted by Crippen LogP contribution is -2.37. The molecule has 4 N–H and O–H groups in total. The molecule has 0 aliphatic carbocycles. The van der Waals surface area contributed by atoms with Crippen molar-refractivity contribution in [1.82, 2.24) is 0 Å². The molecule has 0 heterocycles. The van der Waals surface area contributed by atoms with Crippen molar-refractivity contribution in [2.75, 3.05) is 5.75 Å². The third-order valence-electron chi connectivity index (χ3n) is 1.98. The predicted molar refractivity (Wildman–Crippen MR) is 55.3 cm³/mol. The summed E-state index contributed by atoms with van der Waals surface area (Å²) in [5.41, 5.74) is 10.4. The Labute approximate surface area is 84.8 Å². The van der Waals surface area contributed by atoms with Crippen molar-refractivity contribution in [1.29, 1.82) is 0 Å². The molecule has 2 unspecified atom stereocenters. The van der Waals surface area contributed by atoms with E-state index >= 15 is 0 Å². The zero-order valence-corrected chi connectivity index (χ0v) is 9.38. The standard InChI is InChI=1S/C8H18N2O3S/c1-3-7(8(10)11)14(12,13)5-4-6(2)9/h6-7H,3-5,9H2,1-2H3,(H2,10,11). The summed E-state index contributed by atoms with van der Waals surface area (Å²) < 4.78 is 23.1. The van der Waals surface area contributed by atoms with E-state index in [4.69, 9.17) is 11.5 Å². The molecule has 1 amide bonds. The lowest BCUT2D eigenvalue weighted by Gasteiger charge is -2.12. The first-order valence-corrected chi connectivity index (χ1v) is 6.29. The molecule has 2 atom stereocenters. The van der Waals surface area contributed by atoms with Gasteiger partial charge in [0.2, 0.25) is 5.91 Å². The summed E-state index contributed by atoms with van der Waals surface area (Å²) in [5, 5.41) is -1.07. The third-order valence-corrected chi connectivity index (χ3v) is 4.22. The maximum Gasteiger partial charge on any atom is 0.235 e. The van der Waals surface area contributed by atoms with Gasteiger partial charge in [-0.3, -0.25) is 4.79 Å². The van der Waals surface area contributed by atoms with E-state index in [2.05, 4.69) is 0 Å². The number of rotatable bonds is 6. The van der Waals surface area contributed by atoms with Crippen molar-refractivity contribution in [3.63, 3.8) is 0 Å². The average Bonchev–Trinajstić information content (AvgIpc) is 2.01. The molecule has 0 aromatic rings. The molecular formula is C8H18N2O3S. The summed E-state index contributed by atoms with van der Waals surface area (Å²) >= 11 is 0. The molecule has 14 heavy (non-hydrogen) atoms. The van der Waals surface area contributed by atoms with E-state index in [0.717, 1.165) is 0 Å². The number of carbonyl (C=O) groups is 1. The van der Waals surface area contributed by atoms with Crippen LogP contribution in [0.3, 0.4) is 0 Å². The Bertz CT molecular complexity index is 285. The normalized spacial score (nSPS) is 16.2. The van der Waals surface area contributed by atoms with Crippen LogP contribution in [0.2, 0.25) is 0 Å². The van der Waals surface area contributed by atoms with Gasteiger partial charge in [0.05, 0.1) is 5.75 Å². The molecule has 0 aromatic carbocycles. The van der Waals surface area contributed by atoms with Crippen LogP contribution in [0.15, 0.2) is 0 Å². The van der Waals surface area contributed by atoms with Crippen LogP contribution >= 0.6 is 0 Å². The summed E-state index contributed by atoms with van der Waals surface area (Å²) in [7, 11) is -3.42. The smallest absolute Gasteiger partial charge is 0.235 e. The molecule has 0 fully saturated rings. The monoisotopic (exact) mass is 222 g/mol. The fourth-order valence-corrected chi connectivity index (χ4v) is 2.97. The van der Waals surface area contributed by atoms with Gasteiger partial charge < -0.3 is 11.5 Å². The summed E-state index contributed by atoms with van der Waals surface area (Å²) in [6.07, 6.45) is 0.572. The second kappa shape index (κ2) is 5.31. The van der Waals surface area contributed by atoms with Gasteiger partial charge in [-0.25, -0.2) is 8.42 Å². The number of hydrogen-bond acceptors (Lipinski definition) is 4. The maximum atomic E-state index is 11.6. The summed E-state index contributed by atoms with van der Waals surface area (Å²) in [6.45, 7) is 3.35. The zero-order valence-electron chi connectivity index (χ0n) is 8.56. The minimum Gasteiger partial charge on any atom is -0.369 e. The first-order valence-electron chi connectivity index (χ1n) is 4.57. The van der Waals surface area contributed by atoms with Crippen LogP contribution in [0.5, 0.6) is 0 Å². The Morgan fingerprint density at radius 1 is 1.43 bits per heavy atom. The number of nitrogens with two attached hydrogens (primary N) is 2. The van der Waals surface area contributed by atoms with E-state index in [9.17, 15) is 13.2 Å². The van der Waals surface area contributed by atoms with Crippen molar-refractivity contribution in [2.45, 2.75) is 38.0 Å². The minimum absolute atomic E-state index is 0.0773. The Kier molecular flexibility index (Phi) is 5.07. The van der Waals surface area contributed by atoms with Crippen molar-refractivity contribution in [3.05, 3.63) is 0 Å². The summed E-state index contributed by atoms with van der Waals surface area (Å²) in [6, 6.07) is -0.185. The fraction of sp³-hybridized carbons (Fsp3) is 0.875. The first-order chi connectivity index (χ1) is 6.31. The molecule has 84 valence electrons. The van der Waals surface area contributed by atoms with E-state index < -0.39 is 21.0 Å². The van der Waals surface area contributed by atoms with Gasteiger partial charge in [-0.15, -0.1) is 0 Å². The van der Waals surface area contributed by atoms with E-state index in [0.29, 0.717) is 6.42 Å². The number of amides is 1. The quantitative estimate of drug-likeness (QED) is 0.626. The molecule has 0 bridgehead atoms. The molecule has 0 saturated carbocycles. The van der Waals surface area contributed by atoms with Crippen molar-refractivity contribution >= 4 is 15.7 Å². The number of carbonyl (C=O) groups excluding carboxylic acids is 1. The van der Waals surface area contributed by atoms with E-state index in [1.165, 1.54) is 0 Å². The molecule has 0 aromatic heterocycles. The van der Waals surface area contributed by atoms with Crippen LogP contribution in [0.25, 0.3) is 0 Å². The van der Waals surface area contributed by atoms with E-state index in [1.54, 1.807) is 13.8 Å². The highest BCUT2D eigenvalue weighted by Crippen LogP contribution is 2.08. The van der Waals surface area contributed by atoms with Gasteiger partial charge in [-0.05, 0) is 19.8 Å². The Morgan fingerprint density at radius 3 is 2.21 bits per heavy atom. The molecule has 0 aliphatic heterocycles. The van der Waals surface area contributed by atoms with Crippen molar-refractivity contribution in [3.8, 4) is 0 Å². The second-order valence-corrected chi connectivity index (χ2v) is 5.74. The van der Waals surface area contributed by atoms with Crippen LogP contribution < -0.4 is 11.5 Å². The Balaban J connectivity index is 4.51. The van der Waals surface area contributed by atoms with Crippen LogP contribution in [0.1, 0.15) is 26.7 Å². The largest absolute Gasteiger partial charge is 0.369 e. The summed E-state index contributed by atoms with van der Waals surface area (Å²) in [4.78, 5) is 10.8. The maximum absolute atomic E-state index is 11.6. The molecule has 0 rings (SSSR count). The lowest BCUT2D eigenvalue weighted by molar-refractivity contribution is -0.117. The molecule has 6 heteroatoms. The number of sulfone groups is 1. The second-order valence-electron chi connectivity index (χ2n) is 3.43. The highest BCUT2D eigenvalue weighted by Gasteiger charge is 2.28. The average molecular weight is 222 g/mol. The Morgan fingerprint density at radius 2 is 1.93 bits per heavy atom. The first kappa shape index (κ1) is 13.4. The Hall–Kier alpha value is -0.620. The summed E-state index contributed by atoms with van der Waals surface area (Å²) in [5.74, 6) is -0.858. The lowest BCUT2D eigenvalue weighted by atomic mass is 10.3. The van der Waals surface area contributed by atoms with E-state index in [1.807, 2.05) is 0 Å². The topological polar surface area (TPSA) is 103 Å². The SMILES string of the molecule is CCC(C(N)=O)S(=O)(=O)CCC(C)N. The van der Waals surface area contributed by atoms with Gasteiger partial charge in [-0.1, -0.05) is 6.92 Å². The van der Waals surface area contributed by atoms with Gasteiger partial charge in [0.1, 0.15) is 5.25 Å². The van der Waals surface area contributed by atoms with Gasteiger partial charge >= 0.3 is 0 Å². The van der Waals surface area contributed by atoms with Crippen LogP contribution in [0, 0.1) is 0 Å². The van der Waals surface area contributed by atoms with E-state index in [-0.39, 0.29) is 18.2 Å². The molecule has 0 radical (unpaired) electrons. The highest BCUT2D eigenvalue weighted by molar-refractivity contribution is 7.92. The predicted octanol–water partition coefficient (Wildman–Crippen LogP) is -0.598. The van der Waals surface area contributed by atoms with Gasteiger partial charge in [-0.2, -0.15) is 0 Å². The van der Waals surface area contributed by atoms with Crippen LogP contribution in [-0.4, -0.2) is 31.4 Å². The number of hydrogen-bond donors (Lipinski definition) is 2. The van der Waals surface area contributed by atoms with Crippen LogP contribution in [-0.2, 0) is 14.6 Å². The number of primary amides is 1. The van der Waals surface area contributed by atoms with Crippen molar-refractivity contribution < 1.29 is 13.2 Å².